The molecule has 0 spiro atoms. The summed E-state index contributed by atoms with van der Waals surface area (Å²) in [4.78, 5) is 162. The molecule has 0 amide bonds. The summed E-state index contributed by atoms with van der Waals surface area (Å²) in [5, 5.41) is 0. The van der Waals surface area contributed by atoms with E-state index in [0.29, 0.717) is 6.26 Å². The summed E-state index contributed by atoms with van der Waals surface area (Å²) in [5.74, 6) is -12.3. The zero-order valence-electron chi connectivity index (χ0n) is 48.2. The highest BCUT2D eigenvalue weighted by molar-refractivity contribution is 7.86. The van der Waals surface area contributed by atoms with E-state index in [9.17, 15) is 66.0 Å². The Morgan fingerprint density at radius 1 is 0.412 bits per heavy atom. The van der Waals surface area contributed by atoms with Crippen LogP contribution in [0.5, 0.6) is 0 Å². The topological polar surface area (TPSA) is 433 Å². The predicted octanol–water partition coefficient (Wildman–Crippen LogP) is -2.30. The van der Waals surface area contributed by atoms with Gasteiger partial charge in [0.15, 0.2) is 79.9 Å². The first-order valence-electron chi connectivity index (χ1n) is 25.6. The number of rotatable bonds is 27. The van der Waals surface area contributed by atoms with Crippen molar-refractivity contribution in [2.45, 2.75) is 200 Å². The predicted molar refractivity (Wildman–Crippen MR) is 262 cm³/mol. The maximum atomic E-state index is 13.2. The van der Waals surface area contributed by atoms with Crippen molar-refractivity contribution >= 4 is 81.7 Å². The lowest BCUT2D eigenvalue weighted by Gasteiger charge is -2.51. The van der Waals surface area contributed by atoms with Crippen LogP contribution in [0.25, 0.3) is 0 Å². The van der Waals surface area contributed by atoms with Crippen molar-refractivity contribution in [3.8, 4) is 0 Å². The molecule has 0 aromatic rings. The summed E-state index contributed by atoms with van der Waals surface area (Å²) in [6, 6.07) is 0. The molecule has 4 aliphatic rings. The van der Waals surface area contributed by atoms with Crippen molar-refractivity contribution < 1.29 is 165 Å². The fraction of sp³-hybridized carbons (Fsp3) is 0.755. The molecule has 2 bridgehead atoms. The van der Waals surface area contributed by atoms with Crippen LogP contribution in [0.3, 0.4) is 0 Å². The minimum absolute atomic E-state index is 0.576. The third kappa shape index (κ3) is 22.2. The zero-order valence-corrected chi connectivity index (χ0v) is 49.0. The van der Waals surface area contributed by atoms with E-state index in [4.69, 9.17) is 99.2 Å². The lowest BCUT2D eigenvalue weighted by atomic mass is 9.95. The highest BCUT2D eigenvalue weighted by atomic mass is 32.2. The van der Waals surface area contributed by atoms with Crippen LogP contribution in [-0.2, 0) is 167 Å². The van der Waals surface area contributed by atoms with Crippen molar-refractivity contribution in [3.63, 3.8) is 0 Å². The van der Waals surface area contributed by atoms with Gasteiger partial charge in [0.2, 0.25) is 0 Å². The molecule has 0 aromatic heterocycles. The molecular formula is C49H68O35S. The van der Waals surface area contributed by atoms with E-state index >= 15 is 0 Å². The molecule has 4 saturated heterocycles. The van der Waals surface area contributed by atoms with Crippen LogP contribution in [0, 0.1) is 0 Å². The number of carbonyl (C=O) groups is 12. The van der Waals surface area contributed by atoms with Crippen molar-refractivity contribution in [1.29, 1.82) is 0 Å². The molecular weight excluding hydrogens is 1180 g/mol. The molecule has 4 heterocycles. The van der Waals surface area contributed by atoms with Gasteiger partial charge in [0.05, 0.1) is 6.26 Å². The van der Waals surface area contributed by atoms with Gasteiger partial charge < -0.3 is 85.3 Å². The van der Waals surface area contributed by atoms with Crippen LogP contribution in [0.4, 0.5) is 0 Å². The summed E-state index contributed by atoms with van der Waals surface area (Å²) < 4.78 is 134. The van der Waals surface area contributed by atoms with Gasteiger partial charge >= 0.3 is 71.6 Å². The van der Waals surface area contributed by atoms with E-state index in [1.54, 1.807) is 0 Å². The van der Waals surface area contributed by atoms with Gasteiger partial charge in [-0.25, -0.2) is 9.78 Å². The molecule has 36 heteroatoms. The molecule has 0 saturated carbocycles. The fourth-order valence-electron chi connectivity index (χ4n) is 8.92. The fourth-order valence-corrected chi connectivity index (χ4v) is 9.52. The van der Waals surface area contributed by atoms with Crippen LogP contribution in [0.15, 0.2) is 0 Å². The van der Waals surface area contributed by atoms with Crippen LogP contribution in [0.2, 0.25) is 0 Å². The normalized spacial score (nSPS) is 29.4. The summed E-state index contributed by atoms with van der Waals surface area (Å²) in [6.07, 6.45) is -35.9. The van der Waals surface area contributed by atoms with Crippen LogP contribution in [-0.4, -0.2) is 236 Å². The molecule has 0 aliphatic carbocycles. The maximum Gasteiger partial charge on any atom is 0.303 e. The first-order chi connectivity index (χ1) is 39.6. The molecule has 480 valence electrons. The van der Waals surface area contributed by atoms with Gasteiger partial charge in [-0.15, -0.1) is 0 Å². The lowest BCUT2D eigenvalue weighted by Crippen LogP contribution is -2.70. The van der Waals surface area contributed by atoms with Gasteiger partial charge in [-0.1, -0.05) is 0 Å². The Hall–Kier alpha value is -6.77. The molecule has 19 atom stereocenters. The number of hydrogen-bond acceptors (Lipinski definition) is 35. The molecule has 0 N–H and O–H groups in total. The molecule has 35 nitrogen and oxygen atoms in total. The van der Waals surface area contributed by atoms with E-state index in [2.05, 4.69) is 0 Å². The van der Waals surface area contributed by atoms with Gasteiger partial charge in [-0.3, -0.25) is 61.7 Å². The largest absolute Gasteiger partial charge is 0.463 e. The zero-order chi connectivity index (χ0) is 63.8. The smallest absolute Gasteiger partial charge is 0.303 e. The van der Waals surface area contributed by atoms with Crippen molar-refractivity contribution in [2.75, 3.05) is 39.3 Å². The first-order valence-corrected chi connectivity index (χ1v) is 27.5. The number of hydrogen-bond donors (Lipinski definition) is 0. The second kappa shape index (κ2) is 32.1. The molecule has 0 radical (unpaired) electrons. The number of ether oxygens (including phenoxy) is 18. The lowest BCUT2D eigenvalue weighted by molar-refractivity contribution is -0.463. The highest BCUT2D eigenvalue weighted by Gasteiger charge is 2.61. The van der Waals surface area contributed by atoms with Gasteiger partial charge in [0.25, 0.3) is 10.1 Å². The number of carbonyl (C=O) groups excluding carboxylic acids is 12. The quantitative estimate of drug-likeness (QED) is 0.0361. The third-order valence-electron chi connectivity index (χ3n) is 11.7. The molecule has 4 rings (SSSR count). The molecule has 0 aromatic carbocycles. The van der Waals surface area contributed by atoms with E-state index in [0.717, 1.165) is 83.1 Å². The van der Waals surface area contributed by atoms with Gasteiger partial charge in [0, 0.05) is 83.1 Å². The van der Waals surface area contributed by atoms with E-state index < -0.39 is 231 Å². The Kier molecular flexibility index (Phi) is 26.7. The van der Waals surface area contributed by atoms with Gasteiger partial charge in [-0.05, 0) is 0 Å². The average Bonchev–Trinajstić information content (AvgIpc) is 3.14. The molecule has 0 unspecified atom stereocenters. The standard InChI is InChI=1S/C49H68O35S/c1-19(50)64-14-31(69-23(5)54)36(71-25(7)56)37(32(70-24(6)55)15-65-20(2)51)80-48-45(76-30(12)61)43-40(35(79-48)18-68-83-43)82-47-44(75-29(11)60)41(73-27(9)58)39(34(77-47)17-67-22(4)53)81-49-46(84-85(13,62)63)42(74-28(10)59)38(72-26(8)57)33(78-49)16-66-21(3)52/h31-49H,14-18H2,1-13H3/t31-,32+,33+,34+,35+,36+,37+,38+,39+,40+,41-,42-,43-,44+,45+,46+,47+,48+,49+/m0/s1. The molecule has 4 fully saturated rings. The van der Waals surface area contributed by atoms with Gasteiger partial charge in [-0.2, -0.15) is 8.42 Å². The summed E-state index contributed by atoms with van der Waals surface area (Å²) >= 11 is 0. The SMILES string of the molecule is CC(=O)OC[C@H](OC(C)=O)[C@@H](OC(C)=O)[C@H](O[C@H]1O[C@@H]2COO[C@H]([C@H]1OC(C)=O)[C@@H]2O[C@H]1O[C@H](COC(C)=O)[C@@H](O[C@H]2O[C@H](COC(C)=O)[C@@H](OC(C)=O)[C@H](OC(C)=O)[C@H]2OS(C)(=O)=O)[C@H](OC(C)=O)[C@H]1OC(C)=O)[C@@H](COC(C)=O)OC(C)=O. The number of fused-ring (bicyclic) bond motifs is 2. The van der Waals surface area contributed by atoms with E-state index in [-0.39, 0.29) is 0 Å². The Bertz CT molecular complexity index is 2540. The molecule has 4 aliphatic heterocycles. The van der Waals surface area contributed by atoms with E-state index in [1.165, 1.54) is 0 Å². The minimum Gasteiger partial charge on any atom is -0.463 e. The Balaban J connectivity index is 1.91. The van der Waals surface area contributed by atoms with Gasteiger partial charge in [0.1, 0.15) is 69.7 Å². The summed E-state index contributed by atoms with van der Waals surface area (Å²) in [7, 11) is -4.67. The van der Waals surface area contributed by atoms with Crippen molar-refractivity contribution in [1.82, 2.24) is 0 Å². The van der Waals surface area contributed by atoms with E-state index in [1.807, 2.05) is 0 Å². The minimum atomic E-state index is -4.67. The Labute approximate surface area is 484 Å². The van der Waals surface area contributed by atoms with Crippen LogP contribution in [0.1, 0.15) is 83.1 Å². The van der Waals surface area contributed by atoms with Crippen molar-refractivity contribution in [3.05, 3.63) is 0 Å². The van der Waals surface area contributed by atoms with Crippen molar-refractivity contribution in [2.24, 2.45) is 0 Å². The molecule has 85 heavy (non-hydrogen) atoms. The monoisotopic (exact) mass is 1250 g/mol. The highest BCUT2D eigenvalue weighted by Crippen LogP contribution is 2.40. The summed E-state index contributed by atoms with van der Waals surface area (Å²) in [6.45, 7) is 7.30. The van der Waals surface area contributed by atoms with Crippen LogP contribution >= 0.6 is 0 Å². The first kappa shape index (κ1) is 70.7. The summed E-state index contributed by atoms with van der Waals surface area (Å²) in [5.41, 5.74) is 0. The van der Waals surface area contributed by atoms with Crippen LogP contribution < -0.4 is 0 Å². The Morgan fingerprint density at radius 3 is 1.26 bits per heavy atom. The maximum absolute atomic E-state index is 13.2. The second-order valence-corrected chi connectivity index (χ2v) is 20.6. The average molecular weight is 1250 g/mol. The second-order valence-electron chi connectivity index (χ2n) is 19.0. The number of esters is 12. The third-order valence-corrected chi connectivity index (χ3v) is 12.2. The Morgan fingerprint density at radius 2 is 0.812 bits per heavy atom.